The molecule has 15 rings (SSSR count). The van der Waals surface area contributed by atoms with Crippen LogP contribution in [0.3, 0.4) is 0 Å². The number of anilines is 6. The molecular formula is C72H57BN2. The van der Waals surface area contributed by atoms with E-state index in [1.54, 1.807) is 0 Å². The molecule has 75 heavy (non-hydrogen) atoms. The Morgan fingerprint density at radius 3 is 1.00 bits per heavy atom. The Labute approximate surface area is 439 Å². The molecule has 0 radical (unpaired) electrons. The van der Waals surface area contributed by atoms with Crippen LogP contribution in [0.2, 0.25) is 0 Å². The minimum Gasteiger partial charge on any atom is -0.311 e. The van der Waals surface area contributed by atoms with Crippen molar-refractivity contribution in [3.05, 3.63) is 223 Å². The molecule has 0 fully saturated rings. The van der Waals surface area contributed by atoms with Crippen molar-refractivity contribution in [2.24, 2.45) is 0 Å². The fourth-order valence-corrected chi connectivity index (χ4v) is 13.4. The van der Waals surface area contributed by atoms with Crippen LogP contribution in [-0.4, -0.2) is 6.71 Å². The van der Waals surface area contributed by atoms with Crippen LogP contribution in [0.25, 0.3) is 86.2 Å². The summed E-state index contributed by atoms with van der Waals surface area (Å²) in [7, 11) is 0. The Hall–Kier alpha value is -8.40. The van der Waals surface area contributed by atoms with Gasteiger partial charge in [-0.05, 0) is 163 Å². The molecule has 0 saturated heterocycles. The number of hydrogen-bond acceptors (Lipinski definition) is 2. The second-order valence-corrected chi connectivity index (χ2v) is 22.8. The van der Waals surface area contributed by atoms with Crippen molar-refractivity contribution in [1.29, 1.82) is 0 Å². The van der Waals surface area contributed by atoms with E-state index in [0.717, 1.165) is 12.8 Å². The maximum absolute atomic E-state index is 2.65. The van der Waals surface area contributed by atoms with Crippen LogP contribution in [0.5, 0.6) is 0 Å². The van der Waals surface area contributed by atoms with E-state index in [-0.39, 0.29) is 17.5 Å². The average molecular weight is 961 g/mol. The average Bonchev–Trinajstić information content (AvgIpc) is 3.47. The molecule has 0 saturated carbocycles. The van der Waals surface area contributed by atoms with Crippen LogP contribution in [0.4, 0.5) is 34.1 Å². The van der Waals surface area contributed by atoms with Gasteiger partial charge in [0.2, 0.25) is 0 Å². The van der Waals surface area contributed by atoms with Gasteiger partial charge in [-0.1, -0.05) is 217 Å². The molecular weight excluding hydrogens is 904 g/mol. The first kappa shape index (κ1) is 44.1. The first-order valence-electron chi connectivity index (χ1n) is 27.2. The molecule has 0 aromatic heterocycles. The van der Waals surface area contributed by atoms with Gasteiger partial charge in [-0.3, -0.25) is 0 Å². The van der Waals surface area contributed by atoms with E-state index in [1.807, 2.05) is 0 Å². The Balaban J connectivity index is 1.10. The zero-order valence-corrected chi connectivity index (χ0v) is 43.6. The lowest BCUT2D eigenvalue weighted by molar-refractivity contribution is 0.507. The lowest BCUT2D eigenvalue weighted by Gasteiger charge is -2.45. The van der Waals surface area contributed by atoms with Crippen molar-refractivity contribution in [1.82, 2.24) is 0 Å². The molecule has 0 spiro atoms. The summed E-state index contributed by atoms with van der Waals surface area (Å²) in [5, 5.41) is 20.3. The molecule has 3 heteroatoms. The standard InChI is InChI=1S/C72H57BN2/c1-7-71(3,4)48-36-34-44-42-66-60(40-46(44)38-48)73-61-41-47-39-49(72(5,6)8-2)37-35-45(47)43-67(61)75(63-31-18-29-59-55-23-12-10-21-51(55)53-25-14-16-27-57(53)69(59)63)65-33-19-32-64(70(65)73)74(66)62-30-17-28-58-54-22-11-9-20-50(54)52-24-13-15-26-56(52)68(58)62/h9-43H,7-8H2,1-6H3. The molecule has 0 unspecified atom stereocenters. The second-order valence-electron chi connectivity index (χ2n) is 22.8. The van der Waals surface area contributed by atoms with Gasteiger partial charge in [0.05, 0.1) is 11.4 Å². The number of rotatable bonds is 6. The van der Waals surface area contributed by atoms with E-state index in [1.165, 1.54) is 148 Å². The lowest BCUT2D eigenvalue weighted by atomic mass is 9.33. The van der Waals surface area contributed by atoms with Crippen molar-refractivity contribution in [3.8, 4) is 0 Å². The number of nitrogens with zero attached hydrogens (tertiary/aromatic N) is 2. The predicted octanol–water partition coefficient (Wildman–Crippen LogP) is 18.4. The predicted molar refractivity (Wildman–Crippen MR) is 327 cm³/mol. The first-order valence-corrected chi connectivity index (χ1v) is 27.2. The molecule has 2 nitrogen and oxygen atoms in total. The lowest BCUT2D eigenvalue weighted by Crippen LogP contribution is -2.61. The molecule has 0 bridgehead atoms. The van der Waals surface area contributed by atoms with E-state index in [2.05, 4.69) is 264 Å². The summed E-state index contributed by atoms with van der Waals surface area (Å²) in [6, 6.07) is 81.9. The van der Waals surface area contributed by atoms with Crippen LogP contribution in [0.15, 0.2) is 212 Å². The summed E-state index contributed by atoms with van der Waals surface area (Å²) in [6.07, 6.45) is 2.12. The fraction of sp³-hybridized carbons (Fsp3) is 0.139. The van der Waals surface area contributed by atoms with Gasteiger partial charge in [-0.2, -0.15) is 0 Å². The topological polar surface area (TPSA) is 6.48 Å². The molecule has 2 aliphatic rings. The van der Waals surface area contributed by atoms with Gasteiger partial charge in [0.15, 0.2) is 0 Å². The SMILES string of the molecule is CCC(C)(C)c1ccc2cc3c(cc2c1)B1c2cc4cc(C(C)(C)CC)ccc4cc2N(c2cccc4c5ccccc5c5ccccc5c24)c2cccc(c21)N3c1cccc2c3ccccc3c3ccccc3c12. The van der Waals surface area contributed by atoms with E-state index in [9.17, 15) is 0 Å². The monoisotopic (exact) mass is 960 g/mol. The number of benzene rings is 13. The highest BCUT2D eigenvalue weighted by molar-refractivity contribution is 7.00. The van der Waals surface area contributed by atoms with Gasteiger partial charge in [0.1, 0.15) is 0 Å². The normalized spacial score (nSPS) is 13.5. The minimum atomic E-state index is -0.0618. The maximum Gasteiger partial charge on any atom is 0.252 e. The third-order valence-corrected chi connectivity index (χ3v) is 18.2. The highest BCUT2D eigenvalue weighted by atomic mass is 15.2. The minimum absolute atomic E-state index is 0.0392. The molecule has 0 aliphatic carbocycles. The Morgan fingerprint density at radius 2 is 0.627 bits per heavy atom. The summed E-state index contributed by atoms with van der Waals surface area (Å²) in [5.74, 6) is 0. The third-order valence-electron chi connectivity index (χ3n) is 18.2. The Morgan fingerprint density at radius 1 is 0.307 bits per heavy atom. The summed E-state index contributed by atoms with van der Waals surface area (Å²) < 4.78 is 0. The second kappa shape index (κ2) is 16.1. The van der Waals surface area contributed by atoms with Crippen molar-refractivity contribution in [2.45, 2.75) is 65.2 Å². The summed E-state index contributed by atoms with van der Waals surface area (Å²) in [5.41, 5.74) is 14.1. The first-order chi connectivity index (χ1) is 36.6. The molecule has 0 atom stereocenters. The van der Waals surface area contributed by atoms with Gasteiger partial charge in [-0.25, -0.2) is 0 Å². The number of hydrogen-bond donors (Lipinski definition) is 0. The molecule has 13 aromatic carbocycles. The fourth-order valence-electron chi connectivity index (χ4n) is 13.4. The third kappa shape index (κ3) is 6.28. The molecule has 0 amide bonds. The van der Waals surface area contributed by atoms with Crippen molar-refractivity contribution < 1.29 is 0 Å². The van der Waals surface area contributed by atoms with Gasteiger partial charge in [0, 0.05) is 33.5 Å². The van der Waals surface area contributed by atoms with E-state index < -0.39 is 0 Å². The molecule has 13 aromatic rings. The van der Waals surface area contributed by atoms with Gasteiger partial charge in [0.25, 0.3) is 6.71 Å². The van der Waals surface area contributed by atoms with Gasteiger partial charge in [-0.15, -0.1) is 0 Å². The van der Waals surface area contributed by atoms with E-state index >= 15 is 0 Å². The van der Waals surface area contributed by atoms with Crippen molar-refractivity contribution in [3.63, 3.8) is 0 Å². The largest absolute Gasteiger partial charge is 0.311 e. The zero-order valence-electron chi connectivity index (χ0n) is 43.6. The highest BCUT2D eigenvalue weighted by Gasteiger charge is 2.44. The summed E-state index contributed by atoms with van der Waals surface area (Å²) in [6.45, 7) is 14.1. The van der Waals surface area contributed by atoms with Crippen molar-refractivity contribution in [2.75, 3.05) is 9.80 Å². The van der Waals surface area contributed by atoms with Crippen LogP contribution in [0, 0.1) is 0 Å². The Kier molecular flexibility index (Phi) is 9.44. The Bertz CT molecular complexity index is 4220. The van der Waals surface area contributed by atoms with Crippen LogP contribution in [0.1, 0.15) is 65.5 Å². The van der Waals surface area contributed by atoms with Crippen LogP contribution in [-0.2, 0) is 10.8 Å². The van der Waals surface area contributed by atoms with Gasteiger partial charge < -0.3 is 9.80 Å². The van der Waals surface area contributed by atoms with Gasteiger partial charge >= 0.3 is 0 Å². The van der Waals surface area contributed by atoms with E-state index in [4.69, 9.17) is 0 Å². The highest BCUT2D eigenvalue weighted by Crippen LogP contribution is 2.51. The summed E-state index contributed by atoms with van der Waals surface area (Å²) >= 11 is 0. The molecule has 358 valence electrons. The molecule has 0 N–H and O–H groups in total. The van der Waals surface area contributed by atoms with Crippen molar-refractivity contribution >= 4 is 143 Å². The molecule has 2 aliphatic heterocycles. The number of fused-ring (bicyclic) bond motifs is 18. The zero-order chi connectivity index (χ0) is 50.5. The summed E-state index contributed by atoms with van der Waals surface area (Å²) in [4.78, 5) is 5.30. The van der Waals surface area contributed by atoms with Crippen LogP contribution < -0.4 is 26.2 Å². The smallest absolute Gasteiger partial charge is 0.252 e. The molecule has 2 heterocycles. The van der Waals surface area contributed by atoms with Crippen LogP contribution >= 0.6 is 0 Å². The maximum atomic E-state index is 2.65. The quantitative estimate of drug-likeness (QED) is 0.121. The van der Waals surface area contributed by atoms with E-state index in [0.29, 0.717) is 0 Å².